The maximum atomic E-state index is 13.1. The fraction of sp³-hybridized carbons (Fsp3) is 0.103. The number of carbonyl (C=O) groups excluding carboxylic acids is 2. The number of rotatable bonds is 7. The number of hydrogen-bond donors (Lipinski definition) is 3. The molecule has 1 aliphatic heterocycles. The summed E-state index contributed by atoms with van der Waals surface area (Å²) in [5.74, 6) is -0.516. The lowest BCUT2D eigenvalue weighted by Crippen LogP contribution is -2.26. The molecule has 9 heteroatoms. The number of sulfonamides is 1. The minimum Gasteiger partial charge on any atom is -0.352 e. The van der Waals surface area contributed by atoms with Gasteiger partial charge in [0.05, 0.1) is 27.5 Å². The third-order valence-electron chi connectivity index (χ3n) is 6.37. The number of fused-ring (bicyclic) bond motifs is 2. The Morgan fingerprint density at radius 1 is 0.842 bits per heavy atom. The number of nitrogens with two attached hydrogens (primary N) is 1. The number of para-hydroxylation sites is 1. The summed E-state index contributed by atoms with van der Waals surface area (Å²) in [6.07, 6.45) is 0.512. The van der Waals surface area contributed by atoms with Crippen LogP contribution in [0.2, 0.25) is 0 Å². The Bertz CT molecular complexity index is 1600. The predicted molar refractivity (Wildman–Crippen MR) is 147 cm³/mol. The Labute approximate surface area is 221 Å². The molecule has 4 N–H and O–H groups in total. The Balaban J connectivity index is 1.35. The first kappa shape index (κ1) is 25.2. The maximum absolute atomic E-state index is 13.1. The van der Waals surface area contributed by atoms with Crippen molar-refractivity contribution in [2.45, 2.75) is 17.9 Å². The normalized spacial score (nSPS) is 12.7. The van der Waals surface area contributed by atoms with Crippen molar-refractivity contribution in [2.24, 2.45) is 5.14 Å². The summed E-state index contributed by atoms with van der Waals surface area (Å²) in [6.45, 7) is 0.901. The van der Waals surface area contributed by atoms with E-state index >= 15 is 0 Å². The number of nitrogens with zero attached hydrogens (tertiary/aromatic N) is 1. The van der Waals surface area contributed by atoms with Crippen LogP contribution in [0.5, 0.6) is 0 Å². The molecule has 0 aliphatic carbocycles. The topological polar surface area (TPSA) is 122 Å². The lowest BCUT2D eigenvalue weighted by Gasteiger charge is -2.26. The van der Waals surface area contributed by atoms with Crippen LogP contribution in [0.1, 0.15) is 31.8 Å². The molecule has 0 radical (unpaired) electrons. The molecule has 0 saturated carbocycles. The molecule has 0 bridgehead atoms. The Kier molecular flexibility index (Phi) is 6.95. The van der Waals surface area contributed by atoms with Crippen molar-refractivity contribution in [3.8, 4) is 0 Å². The van der Waals surface area contributed by atoms with E-state index in [-0.39, 0.29) is 16.7 Å². The van der Waals surface area contributed by atoms with Crippen molar-refractivity contribution in [3.63, 3.8) is 0 Å². The summed E-state index contributed by atoms with van der Waals surface area (Å²) >= 11 is 0. The van der Waals surface area contributed by atoms with Crippen LogP contribution < -0.4 is 20.7 Å². The summed E-state index contributed by atoms with van der Waals surface area (Å²) in [7, 11) is -3.75. The van der Waals surface area contributed by atoms with Crippen LogP contribution in [0.4, 0.5) is 17.1 Å². The van der Waals surface area contributed by atoms with Crippen LogP contribution >= 0.6 is 0 Å². The van der Waals surface area contributed by atoms with Gasteiger partial charge in [-0.2, -0.15) is 0 Å². The summed E-state index contributed by atoms with van der Waals surface area (Å²) in [5, 5.41) is 11.0. The van der Waals surface area contributed by atoms with Crippen LogP contribution in [-0.4, -0.2) is 26.8 Å². The van der Waals surface area contributed by atoms with Crippen LogP contribution in [0.3, 0.4) is 0 Å². The van der Waals surface area contributed by atoms with Crippen molar-refractivity contribution in [1.29, 1.82) is 0 Å². The minimum absolute atomic E-state index is 0.0424. The third kappa shape index (κ3) is 5.44. The van der Waals surface area contributed by atoms with Crippen molar-refractivity contribution >= 4 is 38.9 Å². The number of nitrogens with one attached hydrogen (secondary N) is 2. The number of benzene rings is 4. The smallest absolute Gasteiger partial charge is 0.257 e. The zero-order valence-electron chi connectivity index (χ0n) is 20.4. The molecule has 4 aromatic carbocycles. The second kappa shape index (κ2) is 10.5. The van der Waals surface area contributed by atoms with Crippen molar-refractivity contribution in [2.75, 3.05) is 16.8 Å². The van der Waals surface area contributed by atoms with Gasteiger partial charge < -0.3 is 15.5 Å². The standard InChI is InChI=1S/C29H26N4O4S/c30-38(36,37)23-13-10-20(11-14-23)16-17-31-28(34)22-12-15-27-25(18-22)32-29(35)24-8-4-5-9-26(24)33(27)19-21-6-2-1-3-7-21/h1-15,18H,16-17,19H2,(H,31,34)(H,32,35)(H2,30,36,37). The quantitative estimate of drug-likeness (QED) is 0.333. The van der Waals surface area contributed by atoms with Gasteiger partial charge in [0.25, 0.3) is 11.8 Å². The van der Waals surface area contributed by atoms with Crippen LogP contribution in [0.25, 0.3) is 0 Å². The highest BCUT2D eigenvalue weighted by atomic mass is 32.2. The summed E-state index contributed by atoms with van der Waals surface area (Å²) in [5.41, 5.74) is 5.05. The zero-order chi connectivity index (χ0) is 26.7. The fourth-order valence-electron chi connectivity index (χ4n) is 4.44. The van der Waals surface area contributed by atoms with Gasteiger partial charge in [0.1, 0.15) is 0 Å². The highest BCUT2D eigenvalue weighted by molar-refractivity contribution is 7.89. The molecule has 1 aliphatic rings. The molecular weight excluding hydrogens is 500 g/mol. The molecule has 2 amide bonds. The van der Waals surface area contributed by atoms with Crippen LogP contribution in [0, 0.1) is 0 Å². The van der Waals surface area contributed by atoms with Gasteiger partial charge in [0, 0.05) is 18.7 Å². The van der Waals surface area contributed by atoms with Crippen LogP contribution in [0.15, 0.2) is 102 Å². The zero-order valence-corrected chi connectivity index (χ0v) is 21.2. The Morgan fingerprint density at radius 3 is 2.29 bits per heavy atom. The molecule has 5 rings (SSSR count). The van der Waals surface area contributed by atoms with E-state index in [2.05, 4.69) is 15.5 Å². The molecule has 8 nitrogen and oxygen atoms in total. The molecule has 1 heterocycles. The highest BCUT2D eigenvalue weighted by Gasteiger charge is 2.26. The van der Waals surface area contributed by atoms with Gasteiger partial charge in [-0.25, -0.2) is 13.6 Å². The van der Waals surface area contributed by atoms with E-state index < -0.39 is 10.0 Å². The van der Waals surface area contributed by atoms with E-state index in [4.69, 9.17) is 5.14 Å². The summed E-state index contributed by atoms with van der Waals surface area (Å²) < 4.78 is 22.8. The van der Waals surface area contributed by atoms with E-state index in [0.29, 0.717) is 36.3 Å². The number of primary sulfonamides is 1. The fourth-order valence-corrected chi connectivity index (χ4v) is 4.95. The molecule has 38 heavy (non-hydrogen) atoms. The van der Waals surface area contributed by atoms with Crippen LogP contribution in [-0.2, 0) is 23.0 Å². The average Bonchev–Trinajstić information content (AvgIpc) is 3.03. The lowest BCUT2D eigenvalue weighted by atomic mass is 10.1. The van der Waals surface area contributed by atoms with E-state index in [0.717, 1.165) is 22.5 Å². The number of carbonyl (C=O) groups is 2. The van der Waals surface area contributed by atoms with E-state index in [1.165, 1.54) is 12.1 Å². The first-order chi connectivity index (χ1) is 18.3. The Morgan fingerprint density at radius 2 is 1.55 bits per heavy atom. The van der Waals surface area contributed by atoms with Crippen molar-refractivity contribution < 1.29 is 18.0 Å². The SMILES string of the molecule is NS(=O)(=O)c1ccc(CCNC(=O)c2ccc3c(c2)NC(=O)c2ccccc2N3Cc2ccccc2)cc1. The molecule has 0 atom stereocenters. The largest absolute Gasteiger partial charge is 0.352 e. The Hall–Kier alpha value is -4.47. The highest BCUT2D eigenvalue weighted by Crippen LogP contribution is 2.39. The maximum Gasteiger partial charge on any atom is 0.257 e. The average molecular weight is 527 g/mol. The lowest BCUT2D eigenvalue weighted by molar-refractivity contribution is 0.0952. The molecular formula is C29H26N4O4S. The summed E-state index contributed by atoms with van der Waals surface area (Å²) in [4.78, 5) is 28.1. The second-order valence-corrected chi connectivity index (χ2v) is 10.5. The van der Waals surface area contributed by atoms with Gasteiger partial charge in [-0.1, -0.05) is 54.6 Å². The van der Waals surface area contributed by atoms with E-state index in [1.54, 1.807) is 30.3 Å². The van der Waals surface area contributed by atoms with E-state index in [1.807, 2.05) is 54.6 Å². The van der Waals surface area contributed by atoms with Gasteiger partial charge in [-0.15, -0.1) is 0 Å². The molecule has 0 aromatic heterocycles. The van der Waals surface area contributed by atoms with Gasteiger partial charge in [0.15, 0.2) is 0 Å². The molecule has 0 spiro atoms. The monoisotopic (exact) mass is 526 g/mol. The molecule has 0 saturated heterocycles. The first-order valence-electron chi connectivity index (χ1n) is 12.1. The number of anilines is 3. The van der Waals surface area contributed by atoms with Crippen molar-refractivity contribution in [1.82, 2.24) is 5.32 Å². The predicted octanol–water partition coefficient (Wildman–Crippen LogP) is 4.21. The van der Waals surface area contributed by atoms with Gasteiger partial charge in [-0.05, 0) is 60.0 Å². The summed E-state index contributed by atoms with van der Waals surface area (Å²) in [6, 6.07) is 28.9. The van der Waals surface area contributed by atoms with Gasteiger partial charge >= 0.3 is 0 Å². The molecule has 0 fully saturated rings. The first-order valence-corrected chi connectivity index (χ1v) is 13.6. The number of hydrogen-bond acceptors (Lipinski definition) is 5. The van der Waals surface area contributed by atoms with E-state index in [9.17, 15) is 18.0 Å². The minimum atomic E-state index is -3.75. The third-order valence-corrected chi connectivity index (χ3v) is 7.30. The number of amides is 2. The van der Waals surface area contributed by atoms with Gasteiger partial charge in [0.2, 0.25) is 10.0 Å². The second-order valence-electron chi connectivity index (χ2n) is 8.97. The van der Waals surface area contributed by atoms with Crippen molar-refractivity contribution in [3.05, 3.63) is 119 Å². The molecule has 0 unspecified atom stereocenters. The van der Waals surface area contributed by atoms with Gasteiger partial charge in [-0.3, -0.25) is 9.59 Å². The molecule has 192 valence electrons. The molecule has 4 aromatic rings.